The van der Waals surface area contributed by atoms with Crippen molar-refractivity contribution in [1.82, 2.24) is 10.2 Å². The van der Waals surface area contributed by atoms with Crippen LogP contribution in [-0.4, -0.2) is 41.5 Å². The van der Waals surface area contributed by atoms with E-state index < -0.39 is 6.10 Å². The minimum absolute atomic E-state index is 0.105. The van der Waals surface area contributed by atoms with Gasteiger partial charge in [-0.3, -0.25) is 9.59 Å². The van der Waals surface area contributed by atoms with Crippen molar-refractivity contribution in [3.63, 3.8) is 0 Å². The van der Waals surface area contributed by atoms with Crippen molar-refractivity contribution in [3.05, 3.63) is 24.2 Å². The molecule has 2 aliphatic rings. The Labute approximate surface area is 142 Å². The first kappa shape index (κ1) is 17.0. The second-order valence-corrected chi connectivity index (χ2v) is 6.81. The Hall–Kier alpha value is -1.82. The van der Waals surface area contributed by atoms with E-state index in [-0.39, 0.29) is 30.2 Å². The van der Waals surface area contributed by atoms with E-state index in [2.05, 4.69) is 5.32 Å². The Balaban J connectivity index is 1.57. The standard InChI is InChI=1S/C18H26N2O4/c21-15(16-8-5-11-24-16)12-19-17(22)13-6-1-2-7-14(13)18(23)20-9-3-4-10-20/h5,8,11,13-15,21H,1-4,6-7,9-10,12H2,(H,19,22). The highest BCUT2D eigenvalue weighted by Gasteiger charge is 2.38. The van der Waals surface area contributed by atoms with Crippen LogP contribution in [0.15, 0.2) is 22.8 Å². The van der Waals surface area contributed by atoms with Crippen LogP contribution >= 0.6 is 0 Å². The smallest absolute Gasteiger partial charge is 0.226 e. The SMILES string of the molecule is O=C(NCC(O)c1ccco1)C1CCCCC1C(=O)N1CCCC1. The molecule has 2 heterocycles. The van der Waals surface area contributed by atoms with Crippen molar-refractivity contribution in [2.24, 2.45) is 11.8 Å². The predicted molar refractivity (Wildman–Crippen MR) is 87.9 cm³/mol. The lowest BCUT2D eigenvalue weighted by Crippen LogP contribution is -2.45. The van der Waals surface area contributed by atoms with E-state index in [0.29, 0.717) is 5.76 Å². The van der Waals surface area contributed by atoms with Crippen LogP contribution in [0.3, 0.4) is 0 Å². The molecule has 1 saturated heterocycles. The summed E-state index contributed by atoms with van der Waals surface area (Å²) in [6.07, 6.45) is 6.26. The molecule has 132 valence electrons. The maximum Gasteiger partial charge on any atom is 0.226 e. The van der Waals surface area contributed by atoms with Crippen LogP contribution in [0.2, 0.25) is 0 Å². The van der Waals surface area contributed by atoms with Gasteiger partial charge in [-0.05, 0) is 37.8 Å². The maximum atomic E-state index is 12.7. The number of hydrogen-bond donors (Lipinski definition) is 2. The Morgan fingerprint density at radius 1 is 1.21 bits per heavy atom. The zero-order valence-corrected chi connectivity index (χ0v) is 13.9. The number of aliphatic hydroxyl groups excluding tert-OH is 1. The molecular formula is C18H26N2O4. The fourth-order valence-corrected chi connectivity index (χ4v) is 3.82. The van der Waals surface area contributed by atoms with Gasteiger partial charge in [0, 0.05) is 24.9 Å². The van der Waals surface area contributed by atoms with Crippen molar-refractivity contribution in [3.8, 4) is 0 Å². The highest BCUT2D eigenvalue weighted by atomic mass is 16.4. The molecule has 3 rings (SSSR count). The lowest BCUT2D eigenvalue weighted by molar-refractivity contribution is -0.143. The van der Waals surface area contributed by atoms with Crippen LogP contribution in [0.5, 0.6) is 0 Å². The van der Waals surface area contributed by atoms with Crippen LogP contribution in [0, 0.1) is 11.8 Å². The summed E-state index contributed by atoms with van der Waals surface area (Å²) in [4.78, 5) is 27.2. The second-order valence-electron chi connectivity index (χ2n) is 6.81. The summed E-state index contributed by atoms with van der Waals surface area (Å²) in [5.74, 6) is -0.0475. The molecule has 3 atom stereocenters. The average molecular weight is 334 g/mol. The fourth-order valence-electron chi connectivity index (χ4n) is 3.82. The quantitative estimate of drug-likeness (QED) is 0.861. The van der Waals surface area contributed by atoms with Gasteiger partial charge in [0.1, 0.15) is 11.9 Å². The summed E-state index contributed by atoms with van der Waals surface area (Å²) in [7, 11) is 0. The number of hydrogen-bond acceptors (Lipinski definition) is 4. The number of nitrogens with zero attached hydrogens (tertiary/aromatic N) is 1. The van der Waals surface area contributed by atoms with E-state index in [1.54, 1.807) is 12.1 Å². The zero-order valence-electron chi connectivity index (χ0n) is 13.9. The molecule has 0 bridgehead atoms. The molecule has 0 spiro atoms. The normalized spacial score (nSPS) is 25.5. The molecule has 6 heteroatoms. The van der Waals surface area contributed by atoms with E-state index in [0.717, 1.165) is 51.6 Å². The minimum atomic E-state index is -0.861. The molecule has 1 aliphatic carbocycles. The molecule has 0 radical (unpaired) electrons. The Kier molecular flexibility index (Phi) is 5.56. The van der Waals surface area contributed by atoms with Gasteiger partial charge in [-0.15, -0.1) is 0 Å². The van der Waals surface area contributed by atoms with Crippen LogP contribution in [0.1, 0.15) is 50.4 Å². The largest absolute Gasteiger partial charge is 0.467 e. The van der Waals surface area contributed by atoms with Crippen molar-refractivity contribution < 1.29 is 19.1 Å². The number of rotatable bonds is 5. The molecule has 1 aromatic rings. The van der Waals surface area contributed by atoms with Crippen molar-refractivity contribution >= 4 is 11.8 Å². The number of aliphatic hydroxyl groups is 1. The lowest BCUT2D eigenvalue weighted by Gasteiger charge is -2.32. The van der Waals surface area contributed by atoms with Gasteiger partial charge in [0.05, 0.1) is 12.8 Å². The molecule has 1 aliphatic heterocycles. The van der Waals surface area contributed by atoms with E-state index in [1.165, 1.54) is 6.26 Å². The van der Waals surface area contributed by atoms with Gasteiger partial charge in [0.25, 0.3) is 0 Å². The van der Waals surface area contributed by atoms with Gasteiger partial charge < -0.3 is 19.7 Å². The molecule has 3 unspecified atom stereocenters. The highest BCUT2D eigenvalue weighted by molar-refractivity contribution is 5.88. The Morgan fingerprint density at radius 3 is 2.58 bits per heavy atom. The first-order valence-corrected chi connectivity index (χ1v) is 8.95. The number of likely N-dealkylation sites (tertiary alicyclic amines) is 1. The first-order valence-electron chi connectivity index (χ1n) is 8.95. The Bertz CT molecular complexity index is 551. The summed E-state index contributed by atoms with van der Waals surface area (Å²) in [6, 6.07) is 3.38. The van der Waals surface area contributed by atoms with E-state index in [4.69, 9.17) is 4.42 Å². The maximum absolute atomic E-state index is 12.7. The van der Waals surface area contributed by atoms with Crippen molar-refractivity contribution in [2.75, 3.05) is 19.6 Å². The summed E-state index contributed by atoms with van der Waals surface area (Å²) in [5, 5.41) is 12.8. The summed E-state index contributed by atoms with van der Waals surface area (Å²) in [6.45, 7) is 1.75. The third kappa shape index (κ3) is 3.80. The van der Waals surface area contributed by atoms with Crippen molar-refractivity contribution in [2.45, 2.75) is 44.6 Å². The molecule has 1 saturated carbocycles. The molecule has 24 heavy (non-hydrogen) atoms. The van der Waals surface area contributed by atoms with Crippen LogP contribution in [0.4, 0.5) is 0 Å². The van der Waals surface area contributed by atoms with Gasteiger partial charge in [0.15, 0.2) is 0 Å². The number of carbonyl (C=O) groups is 2. The number of amides is 2. The van der Waals surface area contributed by atoms with Crippen LogP contribution in [0.25, 0.3) is 0 Å². The first-order chi connectivity index (χ1) is 11.7. The molecule has 0 aromatic carbocycles. The summed E-state index contributed by atoms with van der Waals surface area (Å²) in [5.41, 5.74) is 0. The average Bonchev–Trinajstić information content (AvgIpc) is 3.32. The van der Waals surface area contributed by atoms with Gasteiger partial charge in [-0.1, -0.05) is 12.8 Å². The molecular weight excluding hydrogens is 308 g/mol. The molecule has 2 amide bonds. The van der Waals surface area contributed by atoms with E-state index in [9.17, 15) is 14.7 Å². The summed E-state index contributed by atoms with van der Waals surface area (Å²) < 4.78 is 5.14. The van der Waals surface area contributed by atoms with Crippen molar-refractivity contribution in [1.29, 1.82) is 0 Å². The van der Waals surface area contributed by atoms with E-state index >= 15 is 0 Å². The van der Waals surface area contributed by atoms with Gasteiger partial charge >= 0.3 is 0 Å². The third-order valence-corrected chi connectivity index (χ3v) is 5.18. The number of carbonyl (C=O) groups excluding carboxylic acids is 2. The van der Waals surface area contributed by atoms with Crippen LogP contribution in [-0.2, 0) is 9.59 Å². The second kappa shape index (κ2) is 7.83. The molecule has 2 fully saturated rings. The molecule has 2 N–H and O–H groups in total. The number of furan rings is 1. The predicted octanol–water partition coefficient (Wildman–Crippen LogP) is 1.86. The zero-order chi connectivity index (χ0) is 16.9. The van der Waals surface area contributed by atoms with Crippen LogP contribution < -0.4 is 5.32 Å². The van der Waals surface area contributed by atoms with Gasteiger partial charge in [0.2, 0.25) is 11.8 Å². The Morgan fingerprint density at radius 2 is 1.92 bits per heavy atom. The number of nitrogens with one attached hydrogen (secondary N) is 1. The van der Waals surface area contributed by atoms with Gasteiger partial charge in [-0.2, -0.15) is 0 Å². The third-order valence-electron chi connectivity index (χ3n) is 5.18. The minimum Gasteiger partial charge on any atom is -0.467 e. The molecule has 6 nitrogen and oxygen atoms in total. The molecule has 1 aromatic heterocycles. The summed E-state index contributed by atoms with van der Waals surface area (Å²) >= 11 is 0. The van der Waals surface area contributed by atoms with Gasteiger partial charge in [-0.25, -0.2) is 0 Å². The lowest BCUT2D eigenvalue weighted by atomic mass is 9.78. The topological polar surface area (TPSA) is 82.8 Å². The monoisotopic (exact) mass is 334 g/mol. The fraction of sp³-hybridized carbons (Fsp3) is 0.667. The van der Waals surface area contributed by atoms with E-state index in [1.807, 2.05) is 4.90 Å². The highest BCUT2D eigenvalue weighted by Crippen LogP contribution is 2.32.